The van der Waals surface area contributed by atoms with Gasteiger partial charge in [0.25, 0.3) is 0 Å². The van der Waals surface area contributed by atoms with Crippen LogP contribution in [0.15, 0.2) is 30.3 Å². The van der Waals surface area contributed by atoms with Crippen molar-refractivity contribution in [1.82, 2.24) is 9.97 Å². The molecule has 2 aromatic rings. The maximum Gasteiger partial charge on any atom is 0.136 e. The van der Waals surface area contributed by atoms with Crippen molar-refractivity contribution in [3.8, 4) is 0 Å². The smallest absolute Gasteiger partial charge is 0.136 e. The highest BCUT2D eigenvalue weighted by Gasteiger charge is 2.28. The van der Waals surface area contributed by atoms with E-state index < -0.39 is 0 Å². The molecule has 0 atom stereocenters. The van der Waals surface area contributed by atoms with Gasteiger partial charge in [0.15, 0.2) is 0 Å². The summed E-state index contributed by atoms with van der Waals surface area (Å²) in [6, 6.07) is 11.1. The van der Waals surface area contributed by atoms with Gasteiger partial charge >= 0.3 is 0 Å². The molecule has 1 fully saturated rings. The summed E-state index contributed by atoms with van der Waals surface area (Å²) in [6.45, 7) is 0. The van der Waals surface area contributed by atoms with E-state index in [1.165, 1.54) is 24.0 Å². The zero-order valence-corrected chi connectivity index (χ0v) is 12.3. The van der Waals surface area contributed by atoms with Crippen LogP contribution in [-0.2, 0) is 12.8 Å². The zero-order valence-electron chi connectivity index (χ0n) is 12.3. The summed E-state index contributed by atoms with van der Waals surface area (Å²) in [5.41, 5.74) is 2.92. The van der Waals surface area contributed by atoms with Crippen LogP contribution in [0.4, 0.5) is 11.6 Å². The Bertz CT molecular complexity index is 639. The molecule has 0 bridgehead atoms. The highest BCUT2D eigenvalue weighted by Crippen LogP contribution is 2.39. The summed E-state index contributed by atoms with van der Waals surface area (Å²) in [7, 11) is 1.91. The SMILES string of the molecule is CNc1cc(NC2Cc3ccccc3C2)nc(C2CC2)n1. The molecule has 0 radical (unpaired) electrons. The fourth-order valence-corrected chi connectivity index (χ4v) is 3.06. The van der Waals surface area contributed by atoms with Crippen LogP contribution >= 0.6 is 0 Å². The monoisotopic (exact) mass is 280 g/mol. The lowest BCUT2D eigenvalue weighted by molar-refractivity contribution is 0.764. The second-order valence-electron chi connectivity index (χ2n) is 6.04. The first-order valence-electron chi connectivity index (χ1n) is 7.72. The molecular weight excluding hydrogens is 260 g/mol. The third kappa shape index (κ3) is 2.58. The number of anilines is 2. The summed E-state index contributed by atoms with van der Waals surface area (Å²) in [5, 5.41) is 6.74. The number of hydrogen-bond acceptors (Lipinski definition) is 4. The van der Waals surface area contributed by atoms with Crippen molar-refractivity contribution in [3.63, 3.8) is 0 Å². The molecule has 108 valence electrons. The van der Waals surface area contributed by atoms with Crippen LogP contribution in [0.3, 0.4) is 0 Å². The van der Waals surface area contributed by atoms with Gasteiger partial charge in [-0.2, -0.15) is 0 Å². The van der Waals surface area contributed by atoms with Crippen molar-refractivity contribution >= 4 is 11.6 Å². The quantitative estimate of drug-likeness (QED) is 0.904. The first-order chi connectivity index (χ1) is 10.3. The van der Waals surface area contributed by atoms with Crippen molar-refractivity contribution in [2.45, 2.75) is 37.6 Å². The average molecular weight is 280 g/mol. The first-order valence-corrected chi connectivity index (χ1v) is 7.72. The molecule has 0 aliphatic heterocycles. The Morgan fingerprint density at radius 2 is 1.67 bits per heavy atom. The van der Waals surface area contributed by atoms with Gasteiger partial charge < -0.3 is 10.6 Å². The summed E-state index contributed by atoms with van der Waals surface area (Å²) in [5.74, 6) is 3.42. The molecule has 1 heterocycles. The number of aromatic nitrogens is 2. The van der Waals surface area contributed by atoms with E-state index in [2.05, 4.69) is 39.9 Å². The summed E-state index contributed by atoms with van der Waals surface area (Å²) >= 11 is 0. The van der Waals surface area contributed by atoms with Gasteiger partial charge in [-0.3, -0.25) is 0 Å². The predicted molar refractivity (Wildman–Crippen MR) is 84.8 cm³/mol. The molecule has 0 saturated heterocycles. The molecule has 2 N–H and O–H groups in total. The Morgan fingerprint density at radius 1 is 1.00 bits per heavy atom. The molecule has 1 saturated carbocycles. The van der Waals surface area contributed by atoms with E-state index in [-0.39, 0.29) is 0 Å². The maximum atomic E-state index is 4.71. The van der Waals surface area contributed by atoms with Gasteiger partial charge in [0, 0.05) is 25.1 Å². The fraction of sp³-hybridized carbons (Fsp3) is 0.412. The van der Waals surface area contributed by atoms with E-state index in [0.29, 0.717) is 12.0 Å². The van der Waals surface area contributed by atoms with Crippen molar-refractivity contribution in [3.05, 3.63) is 47.3 Å². The molecule has 1 aromatic heterocycles. The highest BCUT2D eigenvalue weighted by atomic mass is 15.1. The molecule has 4 nitrogen and oxygen atoms in total. The van der Waals surface area contributed by atoms with Crippen LogP contribution in [0.25, 0.3) is 0 Å². The first kappa shape index (κ1) is 12.6. The molecule has 21 heavy (non-hydrogen) atoms. The summed E-state index contributed by atoms with van der Waals surface area (Å²) in [6.07, 6.45) is 4.60. The van der Waals surface area contributed by atoms with Crippen molar-refractivity contribution in [1.29, 1.82) is 0 Å². The number of nitrogens with one attached hydrogen (secondary N) is 2. The molecule has 1 aromatic carbocycles. The Balaban J connectivity index is 1.54. The molecule has 2 aliphatic rings. The molecule has 0 spiro atoms. The second kappa shape index (κ2) is 5.02. The molecule has 4 heteroatoms. The van der Waals surface area contributed by atoms with Gasteiger partial charge in [-0.05, 0) is 36.8 Å². The third-order valence-corrected chi connectivity index (χ3v) is 4.35. The van der Waals surface area contributed by atoms with Crippen molar-refractivity contribution in [2.24, 2.45) is 0 Å². The largest absolute Gasteiger partial charge is 0.373 e. The minimum absolute atomic E-state index is 0.439. The van der Waals surface area contributed by atoms with Crippen LogP contribution in [-0.4, -0.2) is 23.1 Å². The molecule has 2 aliphatic carbocycles. The Kier molecular flexibility index (Phi) is 3.02. The highest BCUT2D eigenvalue weighted by molar-refractivity contribution is 5.49. The van der Waals surface area contributed by atoms with E-state index in [1.807, 2.05) is 13.1 Å². The Hall–Kier alpha value is -2.10. The Labute approximate surface area is 125 Å². The van der Waals surface area contributed by atoms with Crippen LogP contribution in [0.5, 0.6) is 0 Å². The van der Waals surface area contributed by atoms with Crippen molar-refractivity contribution < 1.29 is 0 Å². The maximum absolute atomic E-state index is 4.71. The normalized spacial score (nSPS) is 17.6. The lowest BCUT2D eigenvalue weighted by atomic mass is 10.1. The molecule has 0 unspecified atom stereocenters. The number of benzene rings is 1. The van der Waals surface area contributed by atoms with Crippen LogP contribution in [0.1, 0.15) is 35.7 Å². The zero-order chi connectivity index (χ0) is 14.2. The van der Waals surface area contributed by atoms with E-state index in [1.54, 1.807) is 0 Å². The van der Waals surface area contributed by atoms with Crippen LogP contribution in [0, 0.1) is 0 Å². The van der Waals surface area contributed by atoms with E-state index >= 15 is 0 Å². The molecule has 0 amide bonds. The van der Waals surface area contributed by atoms with E-state index in [9.17, 15) is 0 Å². The van der Waals surface area contributed by atoms with Gasteiger partial charge in [-0.1, -0.05) is 24.3 Å². The minimum atomic E-state index is 0.439. The van der Waals surface area contributed by atoms with Gasteiger partial charge in [-0.15, -0.1) is 0 Å². The lowest BCUT2D eigenvalue weighted by Crippen LogP contribution is -2.21. The number of nitrogens with zero attached hydrogens (tertiary/aromatic N) is 2. The number of hydrogen-bond donors (Lipinski definition) is 2. The minimum Gasteiger partial charge on any atom is -0.373 e. The number of rotatable bonds is 4. The lowest BCUT2D eigenvalue weighted by Gasteiger charge is -2.14. The van der Waals surface area contributed by atoms with Gasteiger partial charge in [0.05, 0.1) is 0 Å². The average Bonchev–Trinajstić information content (AvgIpc) is 3.27. The van der Waals surface area contributed by atoms with Gasteiger partial charge in [0.1, 0.15) is 17.5 Å². The van der Waals surface area contributed by atoms with Gasteiger partial charge in [-0.25, -0.2) is 9.97 Å². The number of fused-ring (bicyclic) bond motifs is 1. The summed E-state index contributed by atoms with van der Waals surface area (Å²) in [4.78, 5) is 9.27. The van der Waals surface area contributed by atoms with E-state index in [4.69, 9.17) is 4.98 Å². The van der Waals surface area contributed by atoms with Gasteiger partial charge in [0.2, 0.25) is 0 Å². The molecular formula is C17H20N4. The van der Waals surface area contributed by atoms with Crippen LogP contribution < -0.4 is 10.6 Å². The standard InChI is InChI=1S/C17H20N4/c1-18-15-10-16(21-17(20-15)11-6-7-11)19-14-8-12-4-2-3-5-13(12)9-14/h2-5,10-11,14H,6-9H2,1H3,(H2,18,19,20,21). The second-order valence-corrected chi connectivity index (χ2v) is 6.04. The topological polar surface area (TPSA) is 49.8 Å². The predicted octanol–water partition coefficient (Wildman–Crippen LogP) is 2.98. The molecule has 4 rings (SSSR count). The van der Waals surface area contributed by atoms with Crippen molar-refractivity contribution in [2.75, 3.05) is 17.7 Å². The Morgan fingerprint density at radius 3 is 2.29 bits per heavy atom. The fourth-order valence-electron chi connectivity index (χ4n) is 3.06. The third-order valence-electron chi connectivity index (χ3n) is 4.35. The summed E-state index contributed by atoms with van der Waals surface area (Å²) < 4.78 is 0. The van der Waals surface area contributed by atoms with E-state index in [0.717, 1.165) is 30.3 Å². The van der Waals surface area contributed by atoms with Crippen LogP contribution in [0.2, 0.25) is 0 Å².